The van der Waals surface area contributed by atoms with Crippen molar-refractivity contribution in [3.05, 3.63) is 0 Å². The zero-order chi connectivity index (χ0) is 15.5. The van der Waals surface area contributed by atoms with Crippen LogP contribution in [0.1, 0.15) is 78.1 Å². The summed E-state index contributed by atoms with van der Waals surface area (Å²) in [6, 6.07) is 0. The number of hydrogen-bond donors (Lipinski definition) is 2. The molecular formula is C20H34O2. The van der Waals surface area contributed by atoms with Gasteiger partial charge in [0.05, 0.1) is 12.2 Å². The lowest BCUT2D eigenvalue weighted by molar-refractivity contribution is -0.139. The molecule has 8 atom stereocenters. The Labute approximate surface area is 135 Å². The maximum Gasteiger partial charge on any atom is 0.0599 e. The molecule has 0 radical (unpaired) electrons. The first-order chi connectivity index (χ1) is 10.5. The lowest BCUT2D eigenvalue weighted by Gasteiger charge is -2.61. The topological polar surface area (TPSA) is 40.5 Å². The van der Waals surface area contributed by atoms with E-state index in [9.17, 15) is 10.2 Å². The third kappa shape index (κ3) is 1.92. The Kier molecular flexibility index (Phi) is 3.66. The lowest BCUT2D eigenvalue weighted by atomic mass is 9.44. The fourth-order valence-corrected chi connectivity index (χ4v) is 7.69. The molecule has 0 spiro atoms. The molecule has 0 saturated heterocycles. The van der Waals surface area contributed by atoms with Crippen molar-refractivity contribution in [3.8, 4) is 0 Å². The molecule has 0 heterocycles. The van der Waals surface area contributed by atoms with Crippen LogP contribution in [0.5, 0.6) is 0 Å². The molecule has 2 nitrogen and oxygen atoms in total. The molecule has 2 heteroatoms. The molecule has 0 bridgehead atoms. The summed E-state index contributed by atoms with van der Waals surface area (Å²) in [4.78, 5) is 0. The summed E-state index contributed by atoms with van der Waals surface area (Å²) >= 11 is 0. The maximum absolute atomic E-state index is 10.7. The largest absolute Gasteiger partial charge is 0.393 e. The van der Waals surface area contributed by atoms with Gasteiger partial charge in [0, 0.05) is 0 Å². The number of fused-ring (bicyclic) bond motifs is 5. The van der Waals surface area contributed by atoms with E-state index in [1.54, 1.807) is 0 Å². The molecule has 4 aliphatic carbocycles. The molecule has 0 unspecified atom stereocenters. The summed E-state index contributed by atoms with van der Waals surface area (Å²) < 4.78 is 0. The van der Waals surface area contributed by atoms with Crippen LogP contribution < -0.4 is 0 Å². The van der Waals surface area contributed by atoms with E-state index >= 15 is 0 Å². The van der Waals surface area contributed by atoms with Gasteiger partial charge in [-0.15, -0.1) is 0 Å². The second-order valence-electron chi connectivity index (χ2n) is 9.30. The summed E-state index contributed by atoms with van der Waals surface area (Å²) in [6.45, 7) is 4.86. The van der Waals surface area contributed by atoms with Gasteiger partial charge in [-0.2, -0.15) is 0 Å². The second-order valence-corrected chi connectivity index (χ2v) is 9.30. The van der Waals surface area contributed by atoms with E-state index in [1.165, 1.54) is 44.9 Å². The summed E-state index contributed by atoms with van der Waals surface area (Å²) in [7, 11) is 0. The molecule has 4 fully saturated rings. The first-order valence-corrected chi connectivity index (χ1v) is 9.87. The predicted octanol–water partition coefficient (Wildman–Crippen LogP) is 4.14. The third-order valence-electron chi connectivity index (χ3n) is 8.97. The quantitative estimate of drug-likeness (QED) is 0.764. The molecular weight excluding hydrogens is 272 g/mol. The molecule has 4 rings (SSSR count). The standard InChI is InChI=1S/C20H34O2/c1-3-20-11-9-16-15(17(20)6-7-18(20)22)5-4-13-12-14(21)8-10-19(13,16)2/h13-18,21-22H,3-12H2,1-2H3/t13-,14-,15-,16+,17+,18-,19+,20+/m1/s1. The van der Waals surface area contributed by atoms with Gasteiger partial charge in [-0.1, -0.05) is 13.8 Å². The minimum atomic E-state index is -0.0405. The fourth-order valence-electron chi connectivity index (χ4n) is 7.69. The summed E-state index contributed by atoms with van der Waals surface area (Å²) in [5, 5.41) is 20.8. The van der Waals surface area contributed by atoms with Gasteiger partial charge in [0.25, 0.3) is 0 Å². The van der Waals surface area contributed by atoms with Gasteiger partial charge >= 0.3 is 0 Å². The number of aliphatic hydroxyl groups is 2. The highest BCUT2D eigenvalue weighted by Gasteiger charge is 2.60. The van der Waals surface area contributed by atoms with Crippen LogP contribution in [0, 0.1) is 34.5 Å². The molecule has 126 valence electrons. The zero-order valence-corrected chi connectivity index (χ0v) is 14.4. The second kappa shape index (κ2) is 5.21. The van der Waals surface area contributed by atoms with Crippen molar-refractivity contribution in [2.45, 2.75) is 90.3 Å². The van der Waals surface area contributed by atoms with Crippen LogP contribution in [-0.2, 0) is 0 Å². The third-order valence-corrected chi connectivity index (χ3v) is 8.97. The highest BCUT2D eigenvalue weighted by atomic mass is 16.3. The molecule has 22 heavy (non-hydrogen) atoms. The van der Waals surface area contributed by atoms with Crippen molar-refractivity contribution < 1.29 is 10.2 Å². The normalized spacial score (nSPS) is 57.8. The van der Waals surface area contributed by atoms with Crippen molar-refractivity contribution in [2.75, 3.05) is 0 Å². The van der Waals surface area contributed by atoms with Crippen molar-refractivity contribution >= 4 is 0 Å². The summed E-state index contributed by atoms with van der Waals surface area (Å²) in [5.41, 5.74) is 0.716. The number of hydrogen-bond acceptors (Lipinski definition) is 2. The average molecular weight is 306 g/mol. The minimum Gasteiger partial charge on any atom is -0.393 e. The van der Waals surface area contributed by atoms with Crippen molar-refractivity contribution in [3.63, 3.8) is 0 Å². The molecule has 0 aromatic heterocycles. The van der Waals surface area contributed by atoms with Gasteiger partial charge in [0.1, 0.15) is 0 Å². The molecule has 4 aliphatic rings. The van der Waals surface area contributed by atoms with Gasteiger partial charge in [0.2, 0.25) is 0 Å². The van der Waals surface area contributed by atoms with Gasteiger partial charge in [-0.3, -0.25) is 0 Å². The Balaban J connectivity index is 1.63. The Morgan fingerprint density at radius 2 is 1.73 bits per heavy atom. The summed E-state index contributed by atoms with van der Waals surface area (Å²) in [5.74, 6) is 3.23. The Hall–Kier alpha value is -0.0800. The SMILES string of the molecule is CC[C@]12CC[C@H]3[C@@H](CC[C@@H]4C[C@H](O)CC[C@@]43C)[C@@H]1CC[C@H]2O. The fraction of sp³-hybridized carbons (Fsp3) is 1.00. The molecule has 2 N–H and O–H groups in total. The van der Waals surface area contributed by atoms with Crippen LogP contribution in [-0.4, -0.2) is 22.4 Å². The molecule has 0 aliphatic heterocycles. The van der Waals surface area contributed by atoms with Crippen molar-refractivity contribution in [1.29, 1.82) is 0 Å². The molecule has 4 saturated carbocycles. The van der Waals surface area contributed by atoms with Gasteiger partial charge < -0.3 is 10.2 Å². The van der Waals surface area contributed by atoms with Gasteiger partial charge in [0.15, 0.2) is 0 Å². The van der Waals surface area contributed by atoms with Crippen LogP contribution in [0.2, 0.25) is 0 Å². The number of rotatable bonds is 1. The van der Waals surface area contributed by atoms with Gasteiger partial charge in [-0.25, -0.2) is 0 Å². The van der Waals surface area contributed by atoms with Crippen LogP contribution >= 0.6 is 0 Å². The summed E-state index contributed by atoms with van der Waals surface area (Å²) in [6.07, 6.45) is 11.9. The lowest BCUT2D eigenvalue weighted by Crippen LogP contribution is -2.55. The van der Waals surface area contributed by atoms with Crippen LogP contribution in [0.3, 0.4) is 0 Å². The number of aliphatic hydroxyl groups excluding tert-OH is 2. The predicted molar refractivity (Wildman–Crippen MR) is 88.4 cm³/mol. The van der Waals surface area contributed by atoms with E-state index in [2.05, 4.69) is 13.8 Å². The molecule has 0 aromatic rings. The zero-order valence-electron chi connectivity index (χ0n) is 14.4. The Morgan fingerprint density at radius 3 is 2.50 bits per heavy atom. The van der Waals surface area contributed by atoms with Gasteiger partial charge in [-0.05, 0) is 98.7 Å². The van der Waals surface area contributed by atoms with Crippen LogP contribution in [0.25, 0.3) is 0 Å². The minimum absolute atomic E-state index is 0.0397. The van der Waals surface area contributed by atoms with Crippen molar-refractivity contribution in [2.24, 2.45) is 34.5 Å². The highest BCUT2D eigenvalue weighted by molar-refractivity contribution is 5.10. The average Bonchev–Trinajstić information content (AvgIpc) is 2.86. The molecule has 0 aromatic carbocycles. The highest BCUT2D eigenvalue weighted by Crippen LogP contribution is 2.67. The van der Waals surface area contributed by atoms with E-state index in [-0.39, 0.29) is 17.6 Å². The smallest absolute Gasteiger partial charge is 0.0599 e. The van der Waals surface area contributed by atoms with E-state index in [0.29, 0.717) is 5.41 Å². The monoisotopic (exact) mass is 306 g/mol. The first-order valence-electron chi connectivity index (χ1n) is 9.87. The Morgan fingerprint density at radius 1 is 0.909 bits per heavy atom. The maximum atomic E-state index is 10.7. The first kappa shape index (κ1) is 15.4. The van der Waals surface area contributed by atoms with Crippen LogP contribution in [0.4, 0.5) is 0 Å². The van der Waals surface area contributed by atoms with E-state index < -0.39 is 0 Å². The van der Waals surface area contributed by atoms with E-state index in [1.807, 2.05) is 0 Å². The molecule has 0 amide bonds. The van der Waals surface area contributed by atoms with E-state index in [0.717, 1.165) is 42.9 Å². The van der Waals surface area contributed by atoms with Crippen molar-refractivity contribution in [1.82, 2.24) is 0 Å². The Bertz CT molecular complexity index is 435. The van der Waals surface area contributed by atoms with E-state index in [4.69, 9.17) is 0 Å². The van der Waals surface area contributed by atoms with Crippen LogP contribution in [0.15, 0.2) is 0 Å².